The zero-order chi connectivity index (χ0) is 14.0. The first kappa shape index (κ1) is 15.1. The van der Waals surface area contributed by atoms with E-state index in [1.54, 1.807) is 7.11 Å². The van der Waals surface area contributed by atoms with Crippen molar-refractivity contribution in [2.75, 3.05) is 20.2 Å². The zero-order valence-corrected chi connectivity index (χ0v) is 11.2. The van der Waals surface area contributed by atoms with E-state index in [4.69, 9.17) is 4.74 Å². The molecule has 1 saturated carbocycles. The van der Waals surface area contributed by atoms with Gasteiger partial charge in [-0.1, -0.05) is 0 Å². The summed E-state index contributed by atoms with van der Waals surface area (Å²) in [5.74, 6) is -1.30. The first-order valence-electron chi connectivity index (χ1n) is 6.93. The summed E-state index contributed by atoms with van der Waals surface area (Å²) in [5, 5.41) is 9.67. The molecule has 1 aliphatic heterocycles. The Bertz CT molecular complexity index is 290. The summed E-state index contributed by atoms with van der Waals surface area (Å²) in [4.78, 5) is 1.90. The summed E-state index contributed by atoms with van der Waals surface area (Å²) < 4.78 is 44.5. The van der Waals surface area contributed by atoms with Crippen LogP contribution in [0.5, 0.6) is 0 Å². The fraction of sp³-hybridized carbons (Fsp3) is 1.00. The number of methoxy groups -OCH3 is 1. The molecular weight excluding hydrogens is 259 g/mol. The molecule has 6 heteroatoms. The first-order valence-corrected chi connectivity index (χ1v) is 6.93. The summed E-state index contributed by atoms with van der Waals surface area (Å²) >= 11 is 0. The van der Waals surface area contributed by atoms with E-state index in [0.717, 1.165) is 12.8 Å². The molecule has 19 heavy (non-hydrogen) atoms. The van der Waals surface area contributed by atoms with Gasteiger partial charge in [0.25, 0.3) is 0 Å². The Balaban J connectivity index is 2.02. The Kier molecular flexibility index (Phi) is 4.74. The fourth-order valence-corrected chi connectivity index (χ4v) is 3.35. The average molecular weight is 281 g/mol. The molecule has 0 aromatic heterocycles. The van der Waals surface area contributed by atoms with Gasteiger partial charge in [0.15, 0.2) is 0 Å². The molecule has 0 spiro atoms. The molecule has 2 fully saturated rings. The van der Waals surface area contributed by atoms with Gasteiger partial charge in [0.05, 0.1) is 18.1 Å². The van der Waals surface area contributed by atoms with Crippen molar-refractivity contribution >= 4 is 0 Å². The predicted octanol–water partition coefficient (Wildman–Crippen LogP) is 2.19. The minimum Gasteiger partial charge on any atom is -0.393 e. The SMILES string of the molecule is COC1CCN(C2CC(O)CCC2C(F)(F)F)CC1. The van der Waals surface area contributed by atoms with Gasteiger partial charge in [0.2, 0.25) is 0 Å². The van der Waals surface area contributed by atoms with Gasteiger partial charge >= 0.3 is 6.18 Å². The Morgan fingerprint density at radius 1 is 1.11 bits per heavy atom. The third-order valence-electron chi connectivity index (χ3n) is 4.49. The van der Waals surface area contributed by atoms with Crippen LogP contribution < -0.4 is 0 Å². The van der Waals surface area contributed by atoms with Crippen LogP contribution in [-0.4, -0.2) is 54.6 Å². The van der Waals surface area contributed by atoms with E-state index in [-0.39, 0.29) is 25.4 Å². The van der Waals surface area contributed by atoms with E-state index in [1.165, 1.54) is 0 Å². The topological polar surface area (TPSA) is 32.7 Å². The third kappa shape index (κ3) is 3.61. The van der Waals surface area contributed by atoms with Gasteiger partial charge in [0.1, 0.15) is 0 Å². The minimum absolute atomic E-state index is 0.0412. The Hall–Kier alpha value is -0.330. The number of rotatable bonds is 2. The van der Waals surface area contributed by atoms with Crippen molar-refractivity contribution in [1.82, 2.24) is 4.90 Å². The second-order valence-corrected chi connectivity index (χ2v) is 5.65. The van der Waals surface area contributed by atoms with Crippen molar-refractivity contribution in [3.63, 3.8) is 0 Å². The van der Waals surface area contributed by atoms with Crippen LogP contribution in [0, 0.1) is 5.92 Å². The molecule has 1 saturated heterocycles. The van der Waals surface area contributed by atoms with Gasteiger partial charge in [-0.2, -0.15) is 13.2 Å². The van der Waals surface area contributed by atoms with Gasteiger partial charge in [-0.25, -0.2) is 0 Å². The highest BCUT2D eigenvalue weighted by atomic mass is 19.4. The van der Waals surface area contributed by atoms with Gasteiger partial charge < -0.3 is 9.84 Å². The largest absolute Gasteiger partial charge is 0.393 e. The van der Waals surface area contributed by atoms with E-state index in [9.17, 15) is 18.3 Å². The molecular formula is C13H22F3NO2. The quantitative estimate of drug-likeness (QED) is 0.842. The molecule has 3 atom stereocenters. The van der Waals surface area contributed by atoms with E-state index in [1.807, 2.05) is 4.90 Å². The van der Waals surface area contributed by atoms with E-state index >= 15 is 0 Å². The van der Waals surface area contributed by atoms with E-state index in [0.29, 0.717) is 13.1 Å². The monoisotopic (exact) mass is 281 g/mol. The number of nitrogens with zero attached hydrogens (tertiary/aromatic N) is 1. The normalized spacial score (nSPS) is 35.5. The minimum atomic E-state index is -4.16. The third-order valence-corrected chi connectivity index (χ3v) is 4.49. The Labute approximate surface area is 111 Å². The van der Waals surface area contributed by atoms with Crippen LogP contribution in [0.15, 0.2) is 0 Å². The molecule has 2 aliphatic rings. The van der Waals surface area contributed by atoms with Crippen LogP contribution >= 0.6 is 0 Å². The Morgan fingerprint density at radius 3 is 2.26 bits per heavy atom. The lowest BCUT2D eigenvalue weighted by Gasteiger charge is -2.44. The lowest BCUT2D eigenvalue weighted by Crippen LogP contribution is -2.53. The summed E-state index contributed by atoms with van der Waals surface area (Å²) in [5.41, 5.74) is 0. The molecule has 1 aliphatic carbocycles. The standard InChI is InChI=1S/C13H22F3NO2/c1-19-10-4-6-17(7-5-10)12-8-9(18)2-3-11(12)13(14,15)16/h9-12,18H,2-8H2,1H3. The van der Waals surface area contributed by atoms with E-state index < -0.39 is 24.2 Å². The summed E-state index contributed by atoms with van der Waals surface area (Å²) in [6.07, 6.45) is -2.52. The molecule has 1 heterocycles. The second kappa shape index (κ2) is 5.97. The summed E-state index contributed by atoms with van der Waals surface area (Å²) in [6, 6.07) is -0.568. The van der Waals surface area contributed by atoms with Gasteiger partial charge in [0, 0.05) is 26.2 Å². The number of halogens is 3. The number of ether oxygens (including phenoxy) is 1. The van der Waals surface area contributed by atoms with Crippen LogP contribution in [0.25, 0.3) is 0 Å². The summed E-state index contributed by atoms with van der Waals surface area (Å²) in [6.45, 7) is 1.25. The summed E-state index contributed by atoms with van der Waals surface area (Å²) in [7, 11) is 1.64. The maximum absolute atomic E-state index is 13.1. The number of likely N-dealkylation sites (tertiary alicyclic amines) is 1. The second-order valence-electron chi connectivity index (χ2n) is 5.65. The molecule has 0 bridgehead atoms. The fourth-order valence-electron chi connectivity index (χ4n) is 3.35. The molecule has 1 N–H and O–H groups in total. The molecule has 3 unspecified atom stereocenters. The average Bonchev–Trinajstić information content (AvgIpc) is 2.37. The molecule has 3 nitrogen and oxygen atoms in total. The number of piperidine rings is 1. The lowest BCUT2D eigenvalue weighted by molar-refractivity contribution is -0.206. The molecule has 112 valence electrons. The lowest BCUT2D eigenvalue weighted by atomic mass is 9.80. The highest BCUT2D eigenvalue weighted by molar-refractivity contribution is 4.92. The van der Waals surface area contributed by atoms with Gasteiger partial charge in [-0.3, -0.25) is 4.90 Å². The van der Waals surface area contributed by atoms with Crippen LogP contribution in [-0.2, 0) is 4.74 Å². The van der Waals surface area contributed by atoms with Crippen LogP contribution in [0.1, 0.15) is 32.1 Å². The molecule has 0 aromatic carbocycles. The number of aliphatic hydroxyl groups excluding tert-OH is 1. The molecule has 0 radical (unpaired) electrons. The number of hydrogen-bond acceptors (Lipinski definition) is 3. The van der Waals surface area contributed by atoms with Crippen molar-refractivity contribution in [2.24, 2.45) is 5.92 Å². The zero-order valence-electron chi connectivity index (χ0n) is 11.2. The van der Waals surface area contributed by atoms with Crippen molar-refractivity contribution in [2.45, 2.75) is 56.5 Å². The van der Waals surface area contributed by atoms with Crippen molar-refractivity contribution in [3.05, 3.63) is 0 Å². The first-order chi connectivity index (χ1) is 8.91. The number of alkyl halides is 3. The van der Waals surface area contributed by atoms with Crippen molar-refractivity contribution < 1.29 is 23.0 Å². The maximum Gasteiger partial charge on any atom is 0.393 e. The van der Waals surface area contributed by atoms with Crippen molar-refractivity contribution in [3.8, 4) is 0 Å². The molecule has 2 rings (SSSR count). The highest BCUT2D eigenvalue weighted by Crippen LogP contribution is 2.40. The van der Waals surface area contributed by atoms with Gasteiger partial charge in [-0.05, 0) is 32.1 Å². The van der Waals surface area contributed by atoms with Crippen molar-refractivity contribution in [1.29, 1.82) is 0 Å². The number of aliphatic hydroxyl groups is 1. The number of hydrogen-bond donors (Lipinski definition) is 1. The highest BCUT2D eigenvalue weighted by Gasteiger charge is 2.49. The van der Waals surface area contributed by atoms with Crippen LogP contribution in [0.4, 0.5) is 13.2 Å². The maximum atomic E-state index is 13.1. The molecule has 0 aromatic rings. The van der Waals surface area contributed by atoms with Gasteiger partial charge in [-0.15, -0.1) is 0 Å². The Morgan fingerprint density at radius 2 is 1.74 bits per heavy atom. The van der Waals surface area contributed by atoms with Crippen LogP contribution in [0.2, 0.25) is 0 Å². The molecule has 0 amide bonds. The van der Waals surface area contributed by atoms with E-state index in [2.05, 4.69) is 0 Å². The predicted molar refractivity (Wildman–Crippen MR) is 64.8 cm³/mol. The van der Waals surface area contributed by atoms with Crippen LogP contribution in [0.3, 0.4) is 0 Å². The smallest absolute Gasteiger partial charge is 0.393 e.